The zero-order valence-electron chi connectivity index (χ0n) is 32.0. The van der Waals surface area contributed by atoms with E-state index < -0.39 is 5.41 Å². The van der Waals surface area contributed by atoms with Crippen molar-refractivity contribution in [3.8, 4) is 44.5 Å². The lowest BCUT2D eigenvalue weighted by Crippen LogP contribution is -2.32. The fraction of sp³-hybridized carbons (Fsp3) is 0.0714. The molecule has 0 aliphatic heterocycles. The van der Waals surface area contributed by atoms with Gasteiger partial charge in [0.2, 0.25) is 0 Å². The maximum Gasteiger partial charge on any atom is 0.0726 e. The second-order valence-corrected chi connectivity index (χ2v) is 16.4. The van der Waals surface area contributed by atoms with Gasteiger partial charge in [0.1, 0.15) is 0 Å². The third-order valence-electron chi connectivity index (χ3n) is 13.3. The lowest BCUT2D eigenvalue weighted by atomic mass is 9.61. The number of fused-ring (bicyclic) bond motifs is 12. The molecule has 0 saturated carbocycles. The van der Waals surface area contributed by atoms with Crippen molar-refractivity contribution in [2.24, 2.45) is 0 Å². The van der Waals surface area contributed by atoms with E-state index in [4.69, 9.17) is 0 Å². The molecule has 3 aliphatic carbocycles. The molecule has 12 rings (SSSR count). The van der Waals surface area contributed by atoms with Gasteiger partial charge in [-0.05, 0) is 125 Å². The summed E-state index contributed by atoms with van der Waals surface area (Å²) in [4.78, 5) is 2.46. The Morgan fingerprint density at radius 2 is 0.825 bits per heavy atom. The van der Waals surface area contributed by atoms with Gasteiger partial charge in [-0.3, -0.25) is 0 Å². The minimum absolute atomic E-state index is 0.0557. The highest BCUT2D eigenvalue weighted by atomic mass is 15.1. The maximum absolute atomic E-state index is 2.51. The number of hydrogen-bond donors (Lipinski definition) is 0. The lowest BCUT2D eigenvalue weighted by Gasteiger charge is -2.40. The summed E-state index contributed by atoms with van der Waals surface area (Å²) in [7, 11) is 0. The number of para-hydroxylation sites is 1. The topological polar surface area (TPSA) is 3.24 Å². The van der Waals surface area contributed by atoms with Crippen molar-refractivity contribution in [3.05, 3.63) is 234 Å². The Morgan fingerprint density at radius 3 is 1.56 bits per heavy atom. The van der Waals surface area contributed by atoms with Crippen molar-refractivity contribution in [3.63, 3.8) is 0 Å². The zero-order valence-corrected chi connectivity index (χ0v) is 32.0. The molecule has 1 spiro atoms. The van der Waals surface area contributed by atoms with Crippen LogP contribution < -0.4 is 4.90 Å². The number of nitrogens with zero attached hydrogens (tertiary/aromatic N) is 1. The zero-order chi connectivity index (χ0) is 37.9. The van der Waals surface area contributed by atoms with Crippen LogP contribution in [-0.2, 0) is 10.8 Å². The molecule has 0 saturated heterocycles. The van der Waals surface area contributed by atoms with Crippen LogP contribution in [0.1, 0.15) is 47.2 Å². The summed E-state index contributed by atoms with van der Waals surface area (Å²) in [5.41, 5.74) is 21.3. The fourth-order valence-corrected chi connectivity index (χ4v) is 10.9. The van der Waals surface area contributed by atoms with Gasteiger partial charge in [-0.1, -0.05) is 178 Å². The van der Waals surface area contributed by atoms with Crippen LogP contribution in [0.25, 0.3) is 55.3 Å². The van der Waals surface area contributed by atoms with Crippen molar-refractivity contribution in [1.29, 1.82) is 0 Å². The number of hydrogen-bond acceptors (Lipinski definition) is 1. The van der Waals surface area contributed by atoms with E-state index in [2.05, 4.69) is 219 Å². The quantitative estimate of drug-likeness (QED) is 0.175. The van der Waals surface area contributed by atoms with Crippen LogP contribution in [0.15, 0.2) is 200 Å². The van der Waals surface area contributed by atoms with E-state index >= 15 is 0 Å². The summed E-state index contributed by atoms with van der Waals surface area (Å²) in [5.74, 6) is 0. The summed E-state index contributed by atoms with van der Waals surface area (Å²) in [6, 6.07) is 75.0. The summed E-state index contributed by atoms with van der Waals surface area (Å²) >= 11 is 0. The van der Waals surface area contributed by atoms with E-state index in [0.29, 0.717) is 0 Å². The monoisotopic (exact) mass is 725 g/mol. The molecule has 9 aromatic rings. The second-order valence-electron chi connectivity index (χ2n) is 16.4. The summed E-state index contributed by atoms with van der Waals surface area (Å²) in [5, 5.41) is 2.63. The molecule has 57 heavy (non-hydrogen) atoms. The largest absolute Gasteiger partial charge is 0.310 e. The van der Waals surface area contributed by atoms with Crippen LogP contribution >= 0.6 is 0 Å². The Morgan fingerprint density at radius 1 is 0.316 bits per heavy atom. The molecule has 1 atom stereocenters. The lowest BCUT2D eigenvalue weighted by molar-refractivity contribution is 0.660. The molecule has 1 heteroatoms. The molecular weight excluding hydrogens is 687 g/mol. The first-order valence-corrected chi connectivity index (χ1v) is 20.1. The van der Waals surface area contributed by atoms with Crippen molar-refractivity contribution < 1.29 is 0 Å². The molecule has 0 N–H and O–H groups in total. The van der Waals surface area contributed by atoms with Gasteiger partial charge in [-0.15, -0.1) is 0 Å². The molecule has 0 heterocycles. The molecule has 0 bridgehead atoms. The first-order chi connectivity index (χ1) is 28.0. The molecular formula is C56H39N. The molecule has 1 nitrogen and oxygen atoms in total. The highest BCUT2D eigenvalue weighted by Crippen LogP contribution is 2.63. The fourth-order valence-electron chi connectivity index (χ4n) is 10.9. The maximum atomic E-state index is 2.51. The third kappa shape index (κ3) is 4.29. The van der Waals surface area contributed by atoms with E-state index in [-0.39, 0.29) is 5.41 Å². The average Bonchev–Trinajstić information content (AvgIpc) is 3.68. The van der Waals surface area contributed by atoms with E-state index in [1.165, 1.54) is 88.7 Å². The predicted octanol–water partition coefficient (Wildman–Crippen LogP) is 14.6. The minimum Gasteiger partial charge on any atom is -0.310 e. The second kappa shape index (κ2) is 11.8. The van der Waals surface area contributed by atoms with Crippen LogP contribution in [0.3, 0.4) is 0 Å². The van der Waals surface area contributed by atoms with Gasteiger partial charge in [0.15, 0.2) is 0 Å². The van der Waals surface area contributed by atoms with E-state index in [1.807, 2.05) is 0 Å². The molecule has 0 radical (unpaired) electrons. The van der Waals surface area contributed by atoms with E-state index in [1.54, 1.807) is 0 Å². The molecule has 9 aromatic carbocycles. The Hall–Kier alpha value is -6.96. The molecule has 0 amide bonds. The van der Waals surface area contributed by atoms with Crippen LogP contribution in [0, 0.1) is 0 Å². The highest BCUT2D eigenvalue weighted by molar-refractivity contribution is 6.11. The van der Waals surface area contributed by atoms with E-state index in [0.717, 1.165) is 17.1 Å². The molecule has 0 fully saturated rings. The van der Waals surface area contributed by atoms with Crippen molar-refractivity contribution >= 4 is 27.8 Å². The summed E-state index contributed by atoms with van der Waals surface area (Å²) < 4.78 is 0. The Balaban J connectivity index is 1.15. The Kier molecular flexibility index (Phi) is 6.67. The first-order valence-electron chi connectivity index (χ1n) is 20.1. The SMILES string of the molecule is CC1(C)c2ccccc2-c2cc(N(c3ccccc3)c3ccc4c(c3)C3(c5ccccc5-4)c4ccccc4-c4ccc(-c5ccccc5)c5cccc3c45)ccc21. The molecule has 0 aromatic heterocycles. The molecule has 268 valence electrons. The third-order valence-corrected chi connectivity index (χ3v) is 13.3. The molecule has 3 aliphatic rings. The van der Waals surface area contributed by atoms with Crippen LogP contribution in [0.5, 0.6) is 0 Å². The Bertz CT molecular complexity index is 3100. The highest BCUT2D eigenvalue weighted by Gasteiger charge is 2.50. The van der Waals surface area contributed by atoms with Crippen molar-refractivity contribution in [2.75, 3.05) is 4.90 Å². The summed E-state index contributed by atoms with van der Waals surface area (Å²) in [6.45, 7) is 4.71. The van der Waals surface area contributed by atoms with Gasteiger partial charge in [0, 0.05) is 22.5 Å². The average molecular weight is 726 g/mol. The number of benzene rings is 9. The number of anilines is 3. The molecule has 1 unspecified atom stereocenters. The van der Waals surface area contributed by atoms with Crippen LogP contribution in [-0.4, -0.2) is 0 Å². The van der Waals surface area contributed by atoms with Gasteiger partial charge < -0.3 is 4.90 Å². The standard InChI is InChI=1S/C56H39N/c1-55(2)48-24-12-9-22-43(48)47-34-38(29-33-49(47)55)57(37-18-7-4-8-19-37)39-28-30-44-41-20-10-13-25-50(41)56(53(44)35-39)51-26-14-11-21-42(51)46-32-31-40(36-16-5-3-6-17-36)45-23-15-27-52(56)54(45)46/h3-35H,1-2H3. The summed E-state index contributed by atoms with van der Waals surface area (Å²) in [6.07, 6.45) is 0. The van der Waals surface area contributed by atoms with Crippen LogP contribution in [0.2, 0.25) is 0 Å². The predicted molar refractivity (Wildman–Crippen MR) is 238 cm³/mol. The van der Waals surface area contributed by atoms with Gasteiger partial charge in [-0.2, -0.15) is 0 Å². The van der Waals surface area contributed by atoms with Gasteiger partial charge in [0.25, 0.3) is 0 Å². The Labute approximate surface area is 334 Å². The van der Waals surface area contributed by atoms with Crippen molar-refractivity contribution in [2.45, 2.75) is 24.7 Å². The normalized spacial score (nSPS) is 16.1. The van der Waals surface area contributed by atoms with Gasteiger partial charge in [0.05, 0.1) is 5.41 Å². The smallest absolute Gasteiger partial charge is 0.0726 e. The van der Waals surface area contributed by atoms with Gasteiger partial charge >= 0.3 is 0 Å². The minimum atomic E-state index is -0.524. The van der Waals surface area contributed by atoms with Crippen molar-refractivity contribution in [1.82, 2.24) is 0 Å². The first kappa shape index (κ1) is 32.3. The van der Waals surface area contributed by atoms with Crippen LogP contribution in [0.4, 0.5) is 17.1 Å². The number of rotatable bonds is 4. The van der Waals surface area contributed by atoms with Gasteiger partial charge in [-0.25, -0.2) is 0 Å². The van der Waals surface area contributed by atoms with E-state index in [9.17, 15) is 0 Å².